The second kappa shape index (κ2) is 4.33. The van der Waals surface area contributed by atoms with Gasteiger partial charge in [0, 0.05) is 32.7 Å². The number of Topliss-reactive ketones (excluding diaryl/α,β-unsaturated/α-hetero) is 1. The van der Waals surface area contributed by atoms with Gasteiger partial charge in [-0.05, 0) is 35.0 Å². The predicted octanol–water partition coefficient (Wildman–Crippen LogP) is 3.56. The van der Waals surface area contributed by atoms with Crippen LogP contribution in [0.3, 0.4) is 0 Å². The number of rotatable bonds is 3. The molecule has 0 bridgehead atoms. The first-order chi connectivity index (χ1) is 7.15. The van der Waals surface area contributed by atoms with Gasteiger partial charge in [0.05, 0.1) is 6.54 Å². The second-order valence-electron chi connectivity index (χ2n) is 3.36. The first-order valence-corrected chi connectivity index (χ1v) is 6.22. The molecule has 2 nitrogen and oxygen atoms in total. The number of ketones is 1. The normalized spacial score (nSPS) is 10.5. The second-order valence-corrected chi connectivity index (χ2v) is 5.27. The molecule has 78 valence electrons. The highest BCUT2D eigenvalue weighted by molar-refractivity contribution is 9.10. The van der Waals surface area contributed by atoms with Crippen LogP contribution in [-0.2, 0) is 6.54 Å². The van der Waals surface area contributed by atoms with Gasteiger partial charge in [0.2, 0.25) is 0 Å². The summed E-state index contributed by atoms with van der Waals surface area (Å²) in [6.45, 7) is 2.41. The Bertz CT molecular complexity index is 486. The highest BCUT2D eigenvalue weighted by atomic mass is 79.9. The minimum Gasteiger partial charge on any atom is -0.348 e. The quantitative estimate of drug-likeness (QED) is 0.790. The maximum Gasteiger partial charge on any atom is 0.161 e. The smallest absolute Gasteiger partial charge is 0.161 e. The summed E-state index contributed by atoms with van der Waals surface area (Å²) in [5.41, 5.74) is 0.769. The zero-order valence-corrected chi connectivity index (χ0v) is 10.6. The van der Waals surface area contributed by atoms with Crippen molar-refractivity contribution in [3.8, 4) is 0 Å². The average Bonchev–Trinajstić information content (AvgIpc) is 2.76. The first-order valence-electron chi connectivity index (χ1n) is 4.55. The summed E-state index contributed by atoms with van der Waals surface area (Å²) in [6.07, 6.45) is 3.82. The van der Waals surface area contributed by atoms with Gasteiger partial charge < -0.3 is 4.57 Å². The van der Waals surface area contributed by atoms with Crippen molar-refractivity contribution in [3.05, 3.63) is 44.8 Å². The number of carbonyl (C=O) groups is 1. The number of hydrogen-bond acceptors (Lipinski definition) is 2. The Balaban J connectivity index is 2.14. The van der Waals surface area contributed by atoms with Crippen LogP contribution in [0.4, 0.5) is 0 Å². The van der Waals surface area contributed by atoms with E-state index in [1.165, 1.54) is 4.88 Å². The highest BCUT2D eigenvalue weighted by Crippen LogP contribution is 2.20. The molecule has 0 saturated carbocycles. The summed E-state index contributed by atoms with van der Waals surface area (Å²) >= 11 is 5.13. The van der Waals surface area contributed by atoms with E-state index in [-0.39, 0.29) is 5.78 Å². The molecule has 0 unspecified atom stereocenters. The molecule has 0 aliphatic rings. The van der Waals surface area contributed by atoms with E-state index in [1.54, 1.807) is 18.3 Å². The number of nitrogens with zero attached hydrogens (tertiary/aromatic N) is 1. The fraction of sp³-hybridized carbons (Fsp3) is 0.182. The third-order valence-corrected chi connectivity index (χ3v) is 3.80. The molecule has 0 aliphatic heterocycles. The third-order valence-electron chi connectivity index (χ3n) is 2.12. The molecule has 2 heterocycles. The molecule has 2 aromatic heterocycles. The number of carbonyl (C=O) groups excluding carboxylic acids is 1. The van der Waals surface area contributed by atoms with E-state index in [2.05, 4.69) is 27.4 Å². The summed E-state index contributed by atoms with van der Waals surface area (Å²) in [4.78, 5) is 12.4. The number of halogens is 1. The van der Waals surface area contributed by atoms with Gasteiger partial charge in [0.1, 0.15) is 0 Å². The lowest BCUT2D eigenvalue weighted by molar-refractivity contribution is 0.101. The average molecular weight is 284 g/mol. The molecule has 2 rings (SSSR count). The number of aromatic nitrogens is 1. The van der Waals surface area contributed by atoms with Gasteiger partial charge in [0.25, 0.3) is 0 Å². The van der Waals surface area contributed by atoms with Crippen molar-refractivity contribution in [2.75, 3.05) is 0 Å². The van der Waals surface area contributed by atoms with E-state index in [4.69, 9.17) is 0 Å². The molecule has 0 radical (unpaired) electrons. The first kappa shape index (κ1) is 10.6. The van der Waals surface area contributed by atoms with Crippen molar-refractivity contribution in [3.63, 3.8) is 0 Å². The molecule has 0 atom stereocenters. The summed E-state index contributed by atoms with van der Waals surface area (Å²) in [7, 11) is 0. The Kier molecular flexibility index (Phi) is 3.07. The van der Waals surface area contributed by atoms with Gasteiger partial charge in [-0.15, -0.1) is 11.3 Å². The van der Waals surface area contributed by atoms with E-state index >= 15 is 0 Å². The van der Waals surface area contributed by atoms with Crippen molar-refractivity contribution >= 4 is 33.0 Å². The summed E-state index contributed by atoms with van der Waals surface area (Å²) in [5, 5.41) is 2.06. The van der Waals surface area contributed by atoms with E-state index in [1.807, 2.05) is 23.0 Å². The zero-order chi connectivity index (χ0) is 10.8. The maximum atomic E-state index is 11.1. The molecule has 15 heavy (non-hydrogen) atoms. The molecule has 0 aliphatic carbocycles. The molecule has 0 amide bonds. The molecule has 0 N–H and O–H groups in total. The molecular formula is C11H10BrNOS. The third kappa shape index (κ3) is 2.58. The van der Waals surface area contributed by atoms with E-state index < -0.39 is 0 Å². The lowest BCUT2D eigenvalue weighted by Gasteiger charge is -1.98. The minimum atomic E-state index is 0.112. The Morgan fingerprint density at radius 2 is 2.40 bits per heavy atom. The lowest BCUT2D eigenvalue weighted by atomic mass is 10.2. The summed E-state index contributed by atoms with van der Waals surface area (Å²) < 4.78 is 3.14. The number of thiophene rings is 1. The van der Waals surface area contributed by atoms with Crippen molar-refractivity contribution in [1.82, 2.24) is 4.57 Å². The molecular weight excluding hydrogens is 274 g/mol. The van der Waals surface area contributed by atoms with Crippen LogP contribution in [0.15, 0.2) is 34.4 Å². The van der Waals surface area contributed by atoms with Gasteiger partial charge >= 0.3 is 0 Å². The maximum absolute atomic E-state index is 11.1. The van der Waals surface area contributed by atoms with Crippen molar-refractivity contribution in [1.29, 1.82) is 0 Å². The predicted molar refractivity (Wildman–Crippen MR) is 65.6 cm³/mol. The van der Waals surface area contributed by atoms with Crippen molar-refractivity contribution in [2.45, 2.75) is 13.5 Å². The Hall–Kier alpha value is -0.870. The Labute approximate surface area is 101 Å². The van der Waals surface area contributed by atoms with Crippen molar-refractivity contribution in [2.24, 2.45) is 0 Å². The van der Waals surface area contributed by atoms with E-state index in [0.717, 1.165) is 16.6 Å². The van der Waals surface area contributed by atoms with E-state index in [0.29, 0.717) is 0 Å². The van der Waals surface area contributed by atoms with Crippen molar-refractivity contribution < 1.29 is 4.79 Å². The molecule has 0 saturated heterocycles. The largest absolute Gasteiger partial charge is 0.348 e. The molecule has 0 spiro atoms. The lowest BCUT2D eigenvalue weighted by Crippen LogP contribution is -1.94. The van der Waals surface area contributed by atoms with E-state index in [9.17, 15) is 4.79 Å². The topological polar surface area (TPSA) is 22.0 Å². The molecule has 2 aromatic rings. The fourth-order valence-corrected chi connectivity index (χ4v) is 2.82. The fourth-order valence-electron chi connectivity index (χ4n) is 1.36. The molecule has 0 aromatic carbocycles. The van der Waals surface area contributed by atoms with Gasteiger partial charge in [0.15, 0.2) is 5.78 Å². The van der Waals surface area contributed by atoms with Crippen LogP contribution < -0.4 is 0 Å². The van der Waals surface area contributed by atoms with Gasteiger partial charge in [-0.2, -0.15) is 0 Å². The Morgan fingerprint density at radius 3 is 2.93 bits per heavy atom. The minimum absolute atomic E-state index is 0.112. The monoisotopic (exact) mass is 283 g/mol. The standard InChI is InChI=1S/C11H10BrNOS/c1-8(14)9-2-3-13(5-9)6-11-4-10(12)7-15-11/h2-5,7H,6H2,1H3. The molecule has 0 fully saturated rings. The summed E-state index contributed by atoms with van der Waals surface area (Å²) in [6, 6.07) is 3.95. The summed E-state index contributed by atoms with van der Waals surface area (Å²) in [5.74, 6) is 0.112. The SMILES string of the molecule is CC(=O)c1ccn(Cc2cc(Br)cs2)c1. The van der Waals surface area contributed by atoms with Crippen LogP contribution in [0.2, 0.25) is 0 Å². The van der Waals surface area contributed by atoms with Gasteiger partial charge in [-0.1, -0.05) is 0 Å². The highest BCUT2D eigenvalue weighted by Gasteiger charge is 2.03. The Morgan fingerprint density at radius 1 is 1.60 bits per heavy atom. The van der Waals surface area contributed by atoms with Crippen LogP contribution in [0, 0.1) is 0 Å². The van der Waals surface area contributed by atoms with Crippen LogP contribution in [-0.4, -0.2) is 10.4 Å². The van der Waals surface area contributed by atoms with Crippen LogP contribution in [0.5, 0.6) is 0 Å². The van der Waals surface area contributed by atoms with Gasteiger partial charge in [-0.3, -0.25) is 4.79 Å². The molecule has 4 heteroatoms. The van der Waals surface area contributed by atoms with Crippen LogP contribution in [0.25, 0.3) is 0 Å². The number of hydrogen-bond donors (Lipinski definition) is 0. The zero-order valence-electron chi connectivity index (χ0n) is 8.24. The van der Waals surface area contributed by atoms with Crippen LogP contribution in [0.1, 0.15) is 22.2 Å². The van der Waals surface area contributed by atoms with Crippen LogP contribution >= 0.6 is 27.3 Å². The van der Waals surface area contributed by atoms with Gasteiger partial charge in [-0.25, -0.2) is 0 Å².